The van der Waals surface area contributed by atoms with E-state index in [9.17, 15) is 14.7 Å². The van der Waals surface area contributed by atoms with Crippen LogP contribution in [0.5, 0.6) is 5.75 Å². The molecule has 1 amide bonds. The summed E-state index contributed by atoms with van der Waals surface area (Å²) in [4.78, 5) is 28.6. The fourth-order valence-corrected chi connectivity index (χ4v) is 4.90. The summed E-state index contributed by atoms with van der Waals surface area (Å²) in [6.07, 6.45) is 0. The molecule has 5 nitrogen and oxygen atoms in total. The quantitative estimate of drug-likeness (QED) is 0.282. The first-order chi connectivity index (χ1) is 15.3. The van der Waals surface area contributed by atoms with E-state index in [0.717, 1.165) is 16.0 Å². The van der Waals surface area contributed by atoms with Crippen molar-refractivity contribution in [2.24, 2.45) is 0 Å². The van der Waals surface area contributed by atoms with Gasteiger partial charge in [-0.05, 0) is 73.7 Å². The minimum Gasteiger partial charge on any atom is -0.507 e. The smallest absolute Gasteiger partial charge is 0.300 e. The Kier molecular flexibility index (Phi) is 6.09. The van der Waals surface area contributed by atoms with Crippen molar-refractivity contribution in [2.75, 3.05) is 11.5 Å². The number of aliphatic hydroxyl groups excluding tert-OH is 1. The van der Waals surface area contributed by atoms with Crippen LogP contribution in [0.4, 0.5) is 5.69 Å². The molecule has 1 atom stereocenters. The molecular formula is C25H22ClNO4S. The molecule has 32 heavy (non-hydrogen) atoms. The van der Waals surface area contributed by atoms with Crippen LogP contribution in [0, 0.1) is 13.8 Å². The summed E-state index contributed by atoms with van der Waals surface area (Å²) in [5.74, 6) is -0.936. The van der Waals surface area contributed by atoms with Gasteiger partial charge < -0.3 is 9.84 Å². The molecule has 4 rings (SSSR count). The lowest BCUT2D eigenvalue weighted by Crippen LogP contribution is -2.29. The second kappa shape index (κ2) is 8.81. The number of thiophene rings is 1. The van der Waals surface area contributed by atoms with E-state index in [1.165, 1.54) is 16.2 Å². The number of aliphatic hydroxyl groups is 1. The minimum absolute atomic E-state index is 0.0559. The fourth-order valence-electron chi connectivity index (χ4n) is 3.91. The molecule has 2 aromatic carbocycles. The first kappa shape index (κ1) is 22.1. The number of benzene rings is 2. The highest BCUT2D eigenvalue weighted by Crippen LogP contribution is 2.45. The lowest BCUT2D eigenvalue weighted by Gasteiger charge is -2.26. The van der Waals surface area contributed by atoms with Crippen LogP contribution in [-0.2, 0) is 9.59 Å². The molecule has 164 valence electrons. The molecule has 1 aliphatic rings. The van der Waals surface area contributed by atoms with Gasteiger partial charge in [0.2, 0.25) is 0 Å². The molecule has 3 aromatic rings. The van der Waals surface area contributed by atoms with Gasteiger partial charge in [0, 0.05) is 21.2 Å². The summed E-state index contributed by atoms with van der Waals surface area (Å²) in [5, 5.41) is 13.6. The third-order valence-electron chi connectivity index (χ3n) is 5.44. The number of rotatable bonds is 5. The largest absolute Gasteiger partial charge is 0.507 e. The number of halogens is 1. The first-order valence-corrected chi connectivity index (χ1v) is 11.4. The zero-order chi connectivity index (χ0) is 23.0. The van der Waals surface area contributed by atoms with E-state index in [4.69, 9.17) is 16.3 Å². The number of nitrogens with zero attached hydrogens (tertiary/aromatic N) is 1. The summed E-state index contributed by atoms with van der Waals surface area (Å²) >= 11 is 7.63. The van der Waals surface area contributed by atoms with Crippen LogP contribution >= 0.6 is 22.9 Å². The second-order valence-electron chi connectivity index (χ2n) is 7.53. The van der Waals surface area contributed by atoms with Gasteiger partial charge in [-0.15, -0.1) is 11.3 Å². The number of ether oxygens (including phenoxy) is 1. The Labute approximate surface area is 195 Å². The average Bonchev–Trinajstić information content (AvgIpc) is 3.38. The summed E-state index contributed by atoms with van der Waals surface area (Å²) in [6.45, 7) is 6.14. The van der Waals surface area contributed by atoms with E-state index >= 15 is 0 Å². The SMILES string of the molecule is CCOc1ccc(/C(O)=C2/C(=O)C(=O)N(c3cc(Cl)ccc3C)C2c2cccs2)cc1C. The summed E-state index contributed by atoms with van der Waals surface area (Å²) in [6, 6.07) is 13.4. The number of aryl methyl sites for hydroxylation is 2. The van der Waals surface area contributed by atoms with Crippen LogP contribution in [0.25, 0.3) is 5.76 Å². The van der Waals surface area contributed by atoms with Crippen LogP contribution in [0.1, 0.15) is 34.5 Å². The van der Waals surface area contributed by atoms with Crippen molar-refractivity contribution >= 4 is 46.1 Å². The molecular weight excluding hydrogens is 446 g/mol. The Hall–Kier alpha value is -3.09. The van der Waals surface area contributed by atoms with Crippen molar-refractivity contribution in [3.8, 4) is 5.75 Å². The molecule has 1 unspecified atom stereocenters. The fraction of sp³-hybridized carbons (Fsp3) is 0.200. The van der Waals surface area contributed by atoms with Crippen molar-refractivity contribution in [1.29, 1.82) is 0 Å². The Bertz CT molecular complexity index is 1230. The molecule has 1 saturated heterocycles. The van der Waals surface area contributed by atoms with Crippen LogP contribution in [0.2, 0.25) is 5.02 Å². The number of amides is 1. The van der Waals surface area contributed by atoms with Crippen LogP contribution < -0.4 is 9.64 Å². The van der Waals surface area contributed by atoms with Crippen molar-refractivity contribution in [3.05, 3.63) is 86.1 Å². The highest BCUT2D eigenvalue weighted by molar-refractivity contribution is 7.10. The molecule has 0 saturated carbocycles. The highest BCUT2D eigenvalue weighted by atomic mass is 35.5. The van der Waals surface area contributed by atoms with Gasteiger partial charge in [0.1, 0.15) is 17.6 Å². The van der Waals surface area contributed by atoms with Gasteiger partial charge >= 0.3 is 0 Å². The molecule has 0 aliphatic carbocycles. The van der Waals surface area contributed by atoms with E-state index in [-0.39, 0.29) is 11.3 Å². The van der Waals surface area contributed by atoms with Gasteiger partial charge in [-0.25, -0.2) is 0 Å². The number of ketones is 1. The predicted molar refractivity (Wildman–Crippen MR) is 128 cm³/mol. The van der Waals surface area contributed by atoms with Crippen molar-refractivity contribution < 1.29 is 19.4 Å². The second-order valence-corrected chi connectivity index (χ2v) is 8.94. The third-order valence-corrected chi connectivity index (χ3v) is 6.60. The van der Waals surface area contributed by atoms with Gasteiger partial charge in [0.05, 0.1) is 12.2 Å². The van der Waals surface area contributed by atoms with E-state index in [0.29, 0.717) is 28.6 Å². The Morgan fingerprint density at radius 2 is 1.91 bits per heavy atom. The van der Waals surface area contributed by atoms with Gasteiger partial charge in [-0.2, -0.15) is 0 Å². The number of carbonyl (C=O) groups is 2. The van der Waals surface area contributed by atoms with Crippen LogP contribution in [0.15, 0.2) is 59.5 Å². The average molecular weight is 468 g/mol. The van der Waals surface area contributed by atoms with E-state index in [1.807, 2.05) is 38.3 Å². The third kappa shape index (κ3) is 3.80. The highest BCUT2D eigenvalue weighted by Gasteiger charge is 2.47. The molecule has 2 heterocycles. The van der Waals surface area contributed by atoms with Gasteiger partial charge in [-0.3, -0.25) is 14.5 Å². The van der Waals surface area contributed by atoms with Gasteiger partial charge in [0.25, 0.3) is 11.7 Å². The Morgan fingerprint density at radius 1 is 1.12 bits per heavy atom. The molecule has 7 heteroatoms. The molecule has 1 N–H and O–H groups in total. The van der Waals surface area contributed by atoms with Gasteiger partial charge in [-0.1, -0.05) is 23.7 Å². The van der Waals surface area contributed by atoms with E-state index in [1.54, 1.807) is 36.4 Å². The Morgan fingerprint density at radius 3 is 2.56 bits per heavy atom. The van der Waals surface area contributed by atoms with Crippen LogP contribution in [-0.4, -0.2) is 23.4 Å². The number of anilines is 1. The molecule has 1 fully saturated rings. The van der Waals surface area contributed by atoms with Crippen LogP contribution in [0.3, 0.4) is 0 Å². The number of carbonyl (C=O) groups excluding carboxylic acids is 2. The zero-order valence-electron chi connectivity index (χ0n) is 17.9. The topological polar surface area (TPSA) is 66.8 Å². The summed E-state index contributed by atoms with van der Waals surface area (Å²) < 4.78 is 5.58. The maximum Gasteiger partial charge on any atom is 0.300 e. The minimum atomic E-state index is -0.751. The van der Waals surface area contributed by atoms with Gasteiger partial charge in [0.15, 0.2) is 0 Å². The maximum absolute atomic E-state index is 13.2. The van der Waals surface area contributed by atoms with Crippen molar-refractivity contribution in [1.82, 2.24) is 0 Å². The lowest BCUT2D eigenvalue weighted by atomic mass is 9.98. The van der Waals surface area contributed by atoms with Crippen molar-refractivity contribution in [3.63, 3.8) is 0 Å². The molecule has 1 aliphatic heterocycles. The zero-order valence-corrected chi connectivity index (χ0v) is 19.5. The van der Waals surface area contributed by atoms with Crippen molar-refractivity contribution in [2.45, 2.75) is 26.8 Å². The lowest BCUT2D eigenvalue weighted by molar-refractivity contribution is -0.132. The maximum atomic E-state index is 13.2. The van der Waals surface area contributed by atoms with E-state index in [2.05, 4.69) is 0 Å². The summed E-state index contributed by atoms with van der Waals surface area (Å²) in [5.41, 5.74) is 2.67. The molecule has 0 spiro atoms. The molecule has 0 bridgehead atoms. The number of Topliss-reactive ketones (excluding diaryl/α,β-unsaturated/α-hetero) is 1. The molecule has 0 radical (unpaired) electrons. The molecule has 1 aromatic heterocycles. The summed E-state index contributed by atoms with van der Waals surface area (Å²) in [7, 11) is 0. The Balaban J connectivity index is 1.91. The van der Waals surface area contributed by atoms with E-state index < -0.39 is 17.7 Å². The standard InChI is InChI=1S/C25H22ClNO4S/c1-4-31-19-10-8-16(12-15(19)3)23(28)21-22(20-6-5-11-32-20)27(25(30)24(21)29)18-13-17(26)9-7-14(18)2/h5-13,22,28H,4H2,1-3H3/b23-21-. The predicted octanol–water partition coefficient (Wildman–Crippen LogP) is 6.04. The number of hydrogen-bond donors (Lipinski definition) is 1. The first-order valence-electron chi connectivity index (χ1n) is 10.2. The number of hydrogen-bond acceptors (Lipinski definition) is 5. The monoisotopic (exact) mass is 467 g/mol. The normalized spacial score (nSPS) is 17.8.